The van der Waals surface area contributed by atoms with E-state index in [-0.39, 0.29) is 5.82 Å². The largest absolute Gasteiger partial charge is 0.493 e. The van der Waals surface area contributed by atoms with Crippen LogP contribution < -0.4 is 9.47 Å². The fourth-order valence-corrected chi connectivity index (χ4v) is 2.21. The molecule has 0 aliphatic heterocycles. The average molecular weight is 286 g/mol. The van der Waals surface area contributed by atoms with Gasteiger partial charge in [-0.3, -0.25) is 0 Å². The number of nitrogens with one attached hydrogen (secondary N) is 1. The zero-order chi connectivity index (χ0) is 14.8. The predicted molar refractivity (Wildman–Crippen MR) is 79.2 cm³/mol. The van der Waals surface area contributed by atoms with Crippen molar-refractivity contribution in [2.45, 2.75) is 6.92 Å². The molecule has 1 heterocycles. The molecule has 0 saturated carbocycles. The van der Waals surface area contributed by atoms with E-state index in [9.17, 15) is 4.39 Å². The zero-order valence-corrected chi connectivity index (χ0v) is 11.8. The molecule has 0 spiro atoms. The van der Waals surface area contributed by atoms with Crippen molar-refractivity contribution in [1.82, 2.24) is 9.97 Å². The van der Waals surface area contributed by atoms with Crippen molar-refractivity contribution in [1.29, 1.82) is 0 Å². The lowest BCUT2D eigenvalue weighted by Gasteiger charge is -2.10. The highest BCUT2D eigenvalue weighted by Crippen LogP contribution is 2.32. The Bertz CT molecular complexity index is 783. The van der Waals surface area contributed by atoms with Gasteiger partial charge in [0, 0.05) is 5.56 Å². The van der Waals surface area contributed by atoms with E-state index in [0.29, 0.717) is 29.4 Å². The summed E-state index contributed by atoms with van der Waals surface area (Å²) in [4.78, 5) is 7.57. The molecule has 2 aromatic carbocycles. The lowest BCUT2D eigenvalue weighted by atomic mass is 10.2. The number of benzene rings is 2. The summed E-state index contributed by atoms with van der Waals surface area (Å²) in [5.74, 6) is 1.70. The SMILES string of the molecule is CCOc1cc(-c2nc3ccc(F)cc3[nH]2)ccc1OC. The molecule has 108 valence electrons. The molecule has 0 aliphatic carbocycles. The van der Waals surface area contributed by atoms with Crippen molar-refractivity contribution in [3.05, 3.63) is 42.2 Å². The number of fused-ring (bicyclic) bond motifs is 1. The first-order valence-electron chi connectivity index (χ1n) is 6.67. The zero-order valence-electron chi connectivity index (χ0n) is 11.8. The standard InChI is InChI=1S/C16H15FN2O2/c1-3-21-15-8-10(4-7-14(15)20-2)16-18-12-6-5-11(17)9-13(12)19-16/h4-9H,3H2,1-2H3,(H,18,19). The van der Waals surface area contributed by atoms with Gasteiger partial charge in [-0.05, 0) is 43.3 Å². The molecule has 4 nitrogen and oxygen atoms in total. The Kier molecular flexibility index (Phi) is 3.48. The molecular weight excluding hydrogens is 271 g/mol. The van der Waals surface area contributed by atoms with Gasteiger partial charge >= 0.3 is 0 Å². The van der Waals surface area contributed by atoms with E-state index in [1.54, 1.807) is 13.2 Å². The number of hydrogen-bond donors (Lipinski definition) is 1. The number of aromatic nitrogens is 2. The quantitative estimate of drug-likeness (QED) is 0.794. The van der Waals surface area contributed by atoms with Crippen LogP contribution in [0.15, 0.2) is 36.4 Å². The predicted octanol–water partition coefficient (Wildman–Crippen LogP) is 3.78. The van der Waals surface area contributed by atoms with Crippen LogP contribution in [-0.2, 0) is 0 Å². The van der Waals surface area contributed by atoms with Crippen LogP contribution in [0.3, 0.4) is 0 Å². The molecule has 21 heavy (non-hydrogen) atoms. The number of nitrogens with zero attached hydrogens (tertiary/aromatic N) is 1. The van der Waals surface area contributed by atoms with E-state index in [4.69, 9.17) is 9.47 Å². The van der Waals surface area contributed by atoms with E-state index in [2.05, 4.69) is 9.97 Å². The van der Waals surface area contributed by atoms with Crippen molar-refractivity contribution >= 4 is 11.0 Å². The summed E-state index contributed by atoms with van der Waals surface area (Å²) >= 11 is 0. The summed E-state index contributed by atoms with van der Waals surface area (Å²) in [5, 5.41) is 0. The molecule has 5 heteroatoms. The van der Waals surface area contributed by atoms with Crippen LogP contribution in [-0.4, -0.2) is 23.7 Å². The molecule has 0 radical (unpaired) electrons. The molecule has 0 fully saturated rings. The highest BCUT2D eigenvalue weighted by Gasteiger charge is 2.10. The number of imidazole rings is 1. The van der Waals surface area contributed by atoms with Crippen LogP contribution in [0.2, 0.25) is 0 Å². The summed E-state index contributed by atoms with van der Waals surface area (Å²) < 4.78 is 24.0. The molecule has 0 unspecified atom stereocenters. The van der Waals surface area contributed by atoms with Crippen LogP contribution in [0.5, 0.6) is 11.5 Å². The summed E-state index contributed by atoms with van der Waals surface area (Å²) in [5.41, 5.74) is 2.25. The van der Waals surface area contributed by atoms with Crippen molar-refractivity contribution in [3.63, 3.8) is 0 Å². The van der Waals surface area contributed by atoms with Gasteiger partial charge in [0.1, 0.15) is 11.6 Å². The van der Waals surface area contributed by atoms with Gasteiger partial charge in [0.15, 0.2) is 11.5 Å². The number of hydrogen-bond acceptors (Lipinski definition) is 3. The molecule has 0 bridgehead atoms. The van der Waals surface area contributed by atoms with Gasteiger partial charge in [0.05, 0.1) is 24.8 Å². The lowest BCUT2D eigenvalue weighted by Crippen LogP contribution is -1.95. The maximum Gasteiger partial charge on any atom is 0.161 e. The average Bonchev–Trinajstić information content (AvgIpc) is 2.90. The highest BCUT2D eigenvalue weighted by molar-refractivity contribution is 5.79. The molecule has 3 aromatic rings. The van der Waals surface area contributed by atoms with Gasteiger partial charge < -0.3 is 14.5 Å². The third kappa shape index (κ3) is 2.54. The Labute approximate surface area is 121 Å². The number of H-pyrrole nitrogens is 1. The Balaban J connectivity index is 2.07. The molecule has 0 amide bonds. The molecule has 0 saturated heterocycles. The van der Waals surface area contributed by atoms with Crippen molar-refractivity contribution in [2.24, 2.45) is 0 Å². The van der Waals surface area contributed by atoms with E-state index < -0.39 is 0 Å². The maximum absolute atomic E-state index is 13.2. The fourth-order valence-electron chi connectivity index (χ4n) is 2.21. The number of aromatic amines is 1. The topological polar surface area (TPSA) is 47.1 Å². The Morgan fingerprint density at radius 1 is 1.14 bits per heavy atom. The van der Waals surface area contributed by atoms with Crippen LogP contribution in [0.1, 0.15) is 6.92 Å². The first-order chi connectivity index (χ1) is 10.2. The van der Waals surface area contributed by atoms with E-state index in [1.165, 1.54) is 12.1 Å². The molecule has 1 aromatic heterocycles. The first-order valence-corrected chi connectivity index (χ1v) is 6.67. The van der Waals surface area contributed by atoms with Crippen molar-refractivity contribution in [2.75, 3.05) is 13.7 Å². The number of ether oxygens (including phenoxy) is 2. The van der Waals surface area contributed by atoms with Gasteiger partial charge in [-0.15, -0.1) is 0 Å². The Morgan fingerprint density at radius 2 is 2.00 bits per heavy atom. The molecule has 0 atom stereocenters. The van der Waals surface area contributed by atoms with Gasteiger partial charge in [0.25, 0.3) is 0 Å². The maximum atomic E-state index is 13.2. The third-order valence-corrected chi connectivity index (χ3v) is 3.18. The summed E-state index contributed by atoms with van der Waals surface area (Å²) in [6.07, 6.45) is 0. The smallest absolute Gasteiger partial charge is 0.161 e. The molecular formula is C16H15FN2O2. The second-order valence-electron chi connectivity index (χ2n) is 4.55. The van der Waals surface area contributed by atoms with Crippen molar-refractivity contribution in [3.8, 4) is 22.9 Å². The normalized spacial score (nSPS) is 10.8. The monoisotopic (exact) mass is 286 g/mol. The lowest BCUT2D eigenvalue weighted by molar-refractivity contribution is 0.311. The van der Waals surface area contributed by atoms with E-state index >= 15 is 0 Å². The third-order valence-electron chi connectivity index (χ3n) is 3.18. The van der Waals surface area contributed by atoms with Gasteiger partial charge in [-0.1, -0.05) is 0 Å². The van der Waals surface area contributed by atoms with Crippen LogP contribution in [0.4, 0.5) is 4.39 Å². The van der Waals surface area contributed by atoms with Crippen molar-refractivity contribution < 1.29 is 13.9 Å². The number of rotatable bonds is 4. The molecule has 0 aliphatic rings. The number of methoxy groups -OCH3 is 1. The summed E-state index contributed by atoms with van der Waals surface area (Å²) in [6, 6.07) is 10.0. The van der Waals surface area contributed by atoms with E-state index in [0.717, 1.165) is 11.1 Å². The summed E-state index contributed by atoms with van der Waals surface area (Å²) in [7, 11) is 1.60. The van der Waals surface area contributed by atoms with Crippen LogP contribution in [0.25, 0.3) is 22.4 Å². The second-order valence-corrected chi connectivity index (χ2v) is 4.55. The molecule has 3 rings (SSSR count). The minimum atomic E-state index is -0.289. The van der Waals surface area contributed by atoms with Gasteiger partial charge in [-0.2, -0.15) is 0 Å². The first kappa shape index (κ1) is 13.4. The minimum absolute atomic E-state index is 0.289. The Morgan fingerprint density at radius 3 is 2.76 bits per heavy atom. The van der Waals surface area contributed by atoms with Gasteiger partial charge in [0.2, 0.25) is 0 Å². The number of halogens is 1. The van der Waals surface area contributed by atoms with Crippen LogP contribution >= 0.6 is 0 Å². The highest BCUT2D eigenvalue weighted by atomic mass is 19.1. The fraction of sp³-hybridized carbons (Fsp3) is 0.188. The van der Waals surface area contributed by atoms with E-state index in [1.807, 2.05) is 25.1 Å². The second kappa shape index (κ2) is 5.44. The molecule has 1 N–H and O–H groups in total. The van der Waals surface area contributed by atoms with Gasteiger partial charge in [-0.25, -0.2) is 9.37 Å². The summed E-state index contributed by atoms with van der Waals surface area (Å²) in [6.45, 7) is 2.46. The minimum Gasteiger partial charge on any atom is -0.493 e. The van der Waals surface area contributed by atoms with Crippen LogP contribution in [0, 0.1) is 5.82 Å². The Hall–Kier alpha value is -2.56.